The highest BCUT2D eigenvalue weighted by Crippen LogP contribution is 2.41. The van der Waals surface area contributed by atoms with Crippen LogP contribution in [0.3, 0.4) is 0 Å². The predicted octanol–water partition coefficient (Wildman–Crippen LogP) is 5.08. The van der Waals surface area contributed by atoms with Crippen LogP contribution in [0.1, 0.15) is 54.4 Å². The number of halogens is 1. The molecular formula is C26H26BrNO6. The maximum Gasteiger partial charge on any atom is 0.291 e. The van der Waals surface area contributed by atoms with E-state index in [2.05, 4.69) is 15.9 Å². The topological polar surface area (TPSA) is 78.2 Å². The number of hydrogen-bond acceptors (Lipinski definition) is 6. The minimum absolute atomic E-state index is 0.0755. The van der Waals surface area contributed by atoms with Crippen LogP contribution in [0, 0.1) is 0 Å². The van der Waals surface area contributed by atoms with Crippen LogP contribution in [0.5, 0.6) is 11.5 Å². The van der Waals surface area contributed by atoms with Crippen LogP contribution >= 0.6 is 15.9 Å². The average molecular weight is 528 g/mol. The summed E-state index contributed by atoms with van der Waals surface area (Å²) in [6, 6.07) is 10.2. The second-order valence-electron chi connectivity index (χ2n) is 8.38. The summed E-state index contributed by atoms with van der Waals surface area (Å²) in [5.41, 5.74) is 1.29. The number of amides is 1. The third-order valence-electron chi connectivity index (χ3n) is 6.24. The molecule has 3 aromatic rings. The molecule has 5 rings (SSSR count). The molecule has 0 aliphatic carbocycles. The number of rotatable bonds is 7. The fraction of sp³-hybridized carbons (Fsp3) is 0.385. The van der Waals surface area contributed by atoms with Crippen molar-refractivity contribution in [2.45, 2.75) is 38.8 Å². The van der Waals surface area contributed by atoms with Gasteiger partial charge in [-0.3, -0.25) is 9.59 Å². The van der Waals surface area contributed by atoms with Gasteiger partial charge in [0.05, 0.1) is 36.3 Å². The van der Waals surface area contributed by atoms with E-state index in [9.17, 15) is 9.59 Å². The average Bonchev–Trinajstić information content (AvgIpc) is 3.43. The lowest BCUT2D eigenvalue weighted by Gasteiger charge is -2.28. The van der Waals surface area contributed by atoms with E-state index in [0.717, 1.165) is 22.9 Å². The molecule has 2 aromatic carbocycles. The summed E-state index contributed by atoms with van der Waals surface area (Å²) in [7, 11) is 0. The first kappa shape index (κ1) is 22.9. The molecule has 8 heteroatoms. The van der Waals surface area contributed by atoms with Gasteiger partial charge in [0.1, 0.15) is 5.58 Å². The van der Waals surface area contributed by atoms with Crippen molar-refractivity contribution >= 4 is 32.8 Å². The zero-order chi connectivity index (χ0) is 23.8. The zero-order valence-corrected chi connectivity index (χ0v) is 20.7. The Balaban J connectivity index is 1.69. The van der Waals surface area contributed by atoms with Crippen molar-refractivity contribution in [3.63, 3.8) is 0 Å². The molecule has 1 saturated heterocycles. The van der Waals surface area contributed by atoms with E-state index in [-0.39, 0.29) is 23.2 Å². The van der Waals surface area contributed by atoms with Gasteiger partial charge >= 0.3 is 0 Å². The standard InChI is InChI=1S/C26H26BrNO6/c1-3-31-20-9-7-15(12-21(20)32-4-2)23-22-24(29)18-13-16(27)8-10-19(18)34-25(22)26(30)28(23)14-17-6-5-11-33-17/h7-10,12-13,17,23H,3-6,11,14H2,1-2H3. The van der Waals surface area contributed by atoms with Crippen LogP contribution in [0.15, 0.2) is 50.1 Å². The first-order valence-corrected chi connectivity index (χ1v) is 12.4. The summed E-state index contributed by atoms with van der Waals surface area (Å²) >= 11 is 3.43. The lowest BCUT2D eigenvalue weighted by Crippen LogP contribution is -2.36. The van der Waals surface area contributed by atoms with E-state index < -0.39 is 6.04 Å². The van der Waals surface area contributed by atoms with Crippen molar-refractivity contribution in [1.82, 2.24) is 4.90 Å². The molecule has 0 saturated carbocycles. The molecule has 7 nitrogen and oxygen atoms in total. The molecule has 34 heavy (non-hydrogen) atoms. The maximum absolute atomic E-state index is 13.7. The number of hydrogen-bond donors (Lipinski definition) is 0. The highest BCUT2D eigenvalue weighted by molar-refractivity contribution is 9.10. The Morgan fingerprint density at radius 2 is 1.85 bits per heavy atom. The predicted molar refractivity (Wildman–Crippen MR) is 131 cm³/mol. The van der Waals surface area contributed by atoms with Gasteiger partial charge in [0.15, 0.2) is 16.9 Å². The van der Waals surface area contributed by atoms with Gasteiger partial charge in [-0.1, -0.05) is 22.0 Å². The summed E-state index contributed by atoms with van der Waals surface area (Å²) in [5, 5.41) is 0.431. The Bertz CT molecular complexity index is 1300. The Morgan fingerprint density at radius 3 is 2.59 bits per heavy atom. The van der Waals surface area contributed by atoms with Crippen molar-refractivity contribution in [3.05, 3.63) is 68.0 Å². The summed E-state index contributed by atoms with van der Waals surface area (Å²) in [4.78, 5) is 29.0. The third-order valence-corrected chi connectivity index (χ3v) is 6.73. The number of benzene rings is 2. The van der Waals surface area contributed by atoms with Crippen LogP contribution in [0.25, 0.3) is 11.0 Å². The second-order valence-corrected chi connectivity index (χ2v) is 9.30. The van der Waals surface area contributed by atoms with Gasteiger partial charge in [-0.15, -0.1) is 0 Å². The van der Waals surface area contributed by atoms with Gasteiger partial charge in [-0.25, -0.2) is 0 Å². The molecule has 1 fully saturated rings. The van der Waals surface area contributed by atoms with Crippen LogP contribution in [-0.2, 0) is 4.74 Å². The second kappa shape index (κ2) is 9.43. The molecule has 0 N–H and O–H groups in total. The Kier molecular flexibility index (Phi) is 6.36. The first-order chi connectivity index (χ1) is 16.5. The van der Waals surface area contributed by atoms with Crippen molar-refractivity contribution < 1.29 is 23.4 Å². The van der Waals surface area contributed by atoms with E-state index in [1.54, 1.807) is 23.1 Å². The molecule has 1 amide bonds. The monoisotopic (exact) mass is 527 g/mol. The van der Waals surface area contributed by atoms with Crippen LogP contribution < -0.4 is 14.9 Å². The molecular weight excluding hydrogens is 502 g/mol. The minimum Gasteiger partial charge on any atom is -0.490 e. The van der Waals surface area contributed by atoms with Gasteiger partial charge < -0.3 is 23.5 Å². The molecule has 178 valence electrons. The van der Waals surface area contributed by atoms with E-state index in [0.29, 0.717) is 54.4 Å². The molecule has 2 unspecified atom stereocenters. The fourth-order valence-corrected chi connectivity index (χ4v) is 5.13. The Morgan fingerprint density at radius 1 is 1.06 bits per heavy atom. The molecule has 3 heterocycles. The molecule has 0 radical (unpaired) electrons. The minimum atomic E-state index is -0.610. The van der Waals surface area contributed by atoms with Gasteiger partial charge in [0.2, 0.25) is 5.76 Å². The Hall–Kier alpha value is -2.84. The number of carbonyl (C=O) groups excluding carboxylic acids is 1. The van der Waals surface area contributed by atoms with Gasteiger partial charge in [-0.2, -0.15) is 0 Å². The van der Waals surface area contributed by atoms with Gasteiger partial charge in [-0.05, 0) is 62.6 Å². The first-order valence-electron chi connectivity index (χ1n) is 11.6. The van der Waals surface area contributed by atoms with Crippen LogP contribution in [0.4, 0.5) is 0 Å². The summed E-state index contributed by atoms with van der Waals surface area (Å²) in [6.45, 7) is 5.83. The molecule has 0 bridgehead atoms. The van der Waals surface area contributed by atoms with Gasteiger partial charge in [0.25, 0.3) is 5.91 Å². The molecule has 1 aromatic heterocycles. The van der Waals surface area contributed by atoms with E-state index in [4.69, 9.17) is 18.6 Å². The van der Waals surface area contributed by atoms with E-state index in [1.165, 1.54) is 0 Å². The number of nitrogens with zero attached hydrogens (tertiary/aromatic N) is 1. The van der Waals surface area contributed by atoms with Crippen molar-refractivity contribution in [2.24, 2.45) is 0 Å². The number of carbonyl (C=O) groups is 1. The third kappa shape index (κ3) is 3.99. The number of fused-ring (bicyclic) bond motifs is 2. The smallest absolute Gasteiger partial charge is 0.291 e. The largest absolute Gasteiger partial charge is 0.490 e. The molecule has 2 aliphatic heterocycles. The highest BCUT2D eigenvalue weighted by Gasteiger charge is 2.44. The maximum atomic E-state index is 13.7. The van der Waals surface area contributed by atoms with Crippen LogP contribution in [0.2, 0.25) is 0 Å². The summed E-state index contributed by atoms with van der Waals surface area (Å²) in [6.07, 6.45) is 1.75. The SMILES string of the molecule is CCOc1ccc(C2c3c(oc4ccc(Br)cc4c3=O)C(=O)N2CC2CCCO2)cc1OCC. The lowest BCUT2D eigenvalue weighted by molar-refractivity contribution is 0.0486. The summed E-state index contributed by atoms with van der Waals surface area (Å²) < 4.78 is 24.2. The van der Waals surface area contributed by atoms with Gasteiger partial charge in [0, 0.05) is 17.6 Å². The summed E-state index contributed by atoms with van der Waals surface area (Å²) in [5.74, 6) is 0.990. The van der Waals surface area contributed by atoms with Crippen molar-refractivity contribution in [2.75, 3.05) is 26.4 Å². The normalized spacial score (nSPS) is 19.6. The molecule has 2 aliphatic rings. The van der Waals surface area contributed by atoms with Crippen molar-refractivity contribution in [1.29, 1.82) is 0 Å². The zero-order valence-electron chi connectivity index (χ0n) is 19.1. The van der Waals surface area contributed by atoms with E-state index >= 15 is 0 Å². The fourth-order valence-electron chi connectivity index (χ4n) is 4.77. The lowest BCUT2D eigenvalue weighted by atomic mass is 9.97. The van der Waals surface area contributed by atoms with Crippen LogP contribution in [-0.4, -0.2) is 43.3 Å². The molecule has 2 atom stereocenters. The highest BCUT2D eigenvalue weighted by atomic mass is 79.9. The number of ether oxygens (including phenoxy) is 3. The van der Waals surface area contributed by atoms with E-state index in [1.807, 2.05) is 32.0 Å². The molecule has 0 spiro atoms. The quantitative estimate of drug-likeness (QED) is 0.426. The Labute approximate surface area is 205 Å². The van der Waals surface area contributed by atoms with Crippen molar-refractivity contribution in [3.8, 4) is 11.5 Å².